The second-order valence-corrected chi connectivity index (χ2v) is 8.84. The van der Waals surface area contributed by atoms with Gasteiger partial charge in [0.25, 0.3) is 0 Å². The third-order valence-electron chi connectivity index (χ3n) is 7.85. The molecular formula is C22H29Cl. The average molecular weight is 329 g/mol. The van der Waals surface area contributed by atoms with Gasteiger partial charge in [0.15, 0.2) is 0 Å². The first kappa shape index (κ1) is 15.8. The molecule has 0 N–H and O–H groups in total. The Kier molecular flexibility index (Phi) is 3.69. The van der Waals surface area contributed by atoms with Crippen LogP contribution in [0.5, 0.6) is 0 Å². The molecule has 0 aromatic carbocycles. The zero-order valence-electron chi connectivity index (χ0n) is 14.7. The number of fused-ring (bicyclic) bond motifs is 5. The van der Waals surface area contributed by atoms with E-state index in [1.807, 2.05) is 5.54 Å². The zero-order valence-corrected chi connectivity index (χ0v) is 15.4. The SMILES string of the molecule is CC[C@H]1C(=CCl)C[C@H]2[C@@H]3C=CC4=CCC=C[C@]4(C)[C@H]3CC[C@]12C. The largest absolute Gasteiger partial charge is 0.0930 e. The number of halogens is 1. The molecule has 0 unspecified atom stereocenters. The third-order valence-corrected chi connectivity index (χ3v) is 8.13. The molecule has 23 heavy (non-hydrogen) atoms. The van der Waals surface area contributed by atoms with Crippen LogP contribution in [0.2, 0.25) is 0 Å². The molecule has 0 spiro atoms. The van der Waals surface area contributed by atoms with E-state index in [0.717, 1.165) is 18.3 Å². The van der Waals surface area contributed by atoms with Crippen molar-refractivity contribution in [2.45, 2.75) is 52.9 Å². The lowest BCUT2D eigenvalue weighted by Gasteiger charge is -2.55. The normalized spacial score (nSPS) is 49.6. The van der Waals surface area contributed by atoms with Crippen molar-refractivity contribution in [3.63, 3.8) is 0 Å². The quantitative estimate of drug-likeness (QED) is 0.473. The van der Waals surface area contributed by atoms with Gasteiger partial charge in [-0.2, -0.15) is 0 Å². The smallest absolute Gasteiger partial charge is 0.0134 e. The molecule has 0 aromatic heterocycles. The molecule has 6 atom stereocenters. The first-order chi connectivity index (χ1) is 11.0. The fraction of sp³-hybridized carbons (Fsp3) is 0.636. The summed E-state index contributed by atoms with van der Waals surface area (Å²) in [6.07, 6.45) is 18.6. The van der Waals surface area contributed by atoms with Crippen LogP contribution in [0.25, 0.3) is 0 Å². The fourth-order valence-corrected chi connectivity index (χ4v) is 6.87. The lowest BCUT2D eigenvalue weighted by atomic mass is 9.49. The van der Waals surface area contributed by atoms with Gasteiger partial charge >= 0.3 is 0 Å². The standard InChI is InChI=1S/C22H29Cl/c1-4-18-15(14-23)13-20-17-9-8-16-7-5-6-11-21(16,2)19(17)10-12-22(18,20)3/h6-9,11,14,17-20H,4-5,10,12-13H2,1-3H3/t17-,18+,19+,20+,21+,22-/m1/s1. The van der Waals surface area contributed by atoms with E-state index < -0.39 is 0 Å². The maximum atomic E-state index is 6.22. The maximum absolute atomic E-state index is 6.22. The average Bonchev–Trinajstić information content (AvgIpc) is 2.85. The molecule has 4 rings (SSSR count). The third kappa shape index (κ3) is 2.03. The molecule has 0 nitrogen and oxygen atoms in total. The van der Waals surface area contributed by atoms with Crippen molar-refractivity contribution in [2.75, 3.05) is 0 Å². The van der Waals surface area contributed by atoms with Gasteiger partial charge in [-0.1, -0.05) is 68.3 Å². The summed E-state index contributed by atoms with van der Waals surface area (Å²) < 4.78 is 0. The van der Waals surface area contributed by atoms with Crippen molar-refractivity contribution in [3.05, 3.63) is 47.1 Å². The highest BCUT2D eigenvalue weighted by Gasteiger charge is 2.58. The molecule has 0 bridgehead atoms. The predicted molar refractivity (Wildman–Crippen MR) is 99.2 cm³/mol. The molecule has 0 radical (unpaired) electrons. The fourth-order valence-electron chi connectivity index (χ4n) is 6.63. The van der Waals surface area contributed by atoms with Crippen LogP contribution in [0.15, 0.2) is 47.1 Å². The highest BCUT2D eigenvalue weighted by atomic mass is 35.5. The number of hydrogen-bond donors (Lipinski definition) is 0. The van der Waals surface area contributed by atoms with Crippen molar-refractivity contribution >= 4 is 11.6 Å². The van der Waals surface area contributed by atoms with Crippen molar-refractivity contribution < 1.29 is 0 Å². The Balaban J connectivity index is 1.76. The van der Waals surface area contributed by atoms with E-state index >= 15 is 0 Å². The molecule has 4 aliphatic carbocycles. The van der Waals surface area contributed by atoms with Crippen molar-refractivity contribution in [1.29, 1.82) is 0 Å². The van der Waals surface area contributed by atoms with Gasteiger partial charge in [0.1, 0.15) is 0 Å². The van der Waals surface area contributed by atoms with E-state index in [4.69, 9.17) is 11.6 Å². The van der Waals surface area contributed by atoms with Crippen LogP contribution in [-0.4, -0.2) is 0 Å². The van der Waals surface area contributed by atoms with Crippen LogP contribution in [-0.2, 0) is 0 Å². The summed E-state index contributed by atoms with van der Waals surface area (Å²) in [6.45, 7) is 7.37. The Bertz CT molecular complexity index is 622. The van der Waals surface area contributed by atoms with Crippen LogP contribution in [0.3, 0.4) is 0 Å². The molecule has 0 amide bonds. The topological polar surface area (TPSA) is 0 Å². The second kappa shape index (κ2) is 5.38. The van der Waals surface area contributed by atoms with Crippen molar-refractivity contribution in [1.82, 2.24) is 0 Å². The summed E-state index contributed by atoms with van der Waals surface area (Å²) in [5.74, 6) is 2.93. The minimum atomic E-state index is 0.258. The van der Waals surface area contributed by atoms with E-state index in [-0.39, 0.29) is 5.41 Å². The summed E-state index contributed by atoms with van der Waals surface area (Å²) in [5.41, 5.74) is 5.68. The Labute approximate surface area is 146 Å². The van der Waals surface area contributed by atoms with Gasteiger partial charge in [0.2, 0.25) is 0 Å². The van der Waals surface area contributed by atoms with Gasteiger partial charge in [-0.25, -0.2) is 0 Å². The van der Waals surface area contributed by atoms with Crippen molar-refractivity contribution in [2.24, 2.45) is 34.5 Å². The highest BCUT2D eigenvalue weighted by Crippen LogP contribution is 2.66. The Morgan fingerprint density at radius 3 is 2.87 bits per heavy atom. The molecule has 0 saturated heterocycles. The zero-order chi connectivity index (χ0) is 16.2. The summed E-state index contributed by atoms with van der Waals surface area (Å²) in [5, 5.41) is 0. The molecular weight excluding hydrogens is 300 g/mol. The summed E-state index contributed by atoms with van der Waals surface area (Å²) in [4.78, 5) is 0. The first-order valence-electron chi connectivity index (χ1n) is 9.40. The van der Waals surface area contributed by atoms with Gasteiger partial charge in [0.05, 0.1) is 0 Å². The van der Waals surface area contributed by atoms with Gasteiger partial charge in [-0.3, -0.25) is 0 Å². The summed E-state index contributed by atoms with van der Waals surface area (Å²) in [7, 11) is 0. The van der Waals surface area contributed by atoms with E-state index in [1.54, 1.807) is 5.57 Å². The van der Waals surface area contributed by atoms with Crippen LogP contribution in [0, 0.1) is 34.5 Å². The highest BCUT2D eigenvalue weighted by molar-refractivity contribution is 6.25. The van der Waals surface area contributed by atoms with Gasteiger partial charge in [-0.15, -0.1) is 0 Å². The maximum Gasteiger partial charge on any atom is 0.0134 e. The second-order valence-electron chi connectivity index (χ2n) is 8.62. The molecule has 0 aromatic rings. The number of allylic oxidation sites excluding steroid dienone is 7. The summed E-state index contributed by atoms with van der Waals surface area (Å²) in [6, 6.07) is 0. The van der Waals surface area contributed by atoms with Gasteiger partial charge in [0, 0.05) is 11.0 Å². The molecule has 0 heterocycles. The Morgan fingerprint density at radius 1 is 1.30 bits per heavy atom. The number of rotatable bonds is 1. The van der Waals surface area contributed by atoms with E-state index in [0.29, 0.717) is 17.3 Å². The minimum absolute atomic E-state index is 0.258. The molecule has 1 heteroatoms. The molecule has 124 valence electrons. The number of hydrogen-bond acceptors (Lipinski definition) is 0. The van der Waals surface area contributed by atoms with Gasteiger partial charge in [-0.05, 0) is 66.8 Å². The monoisotopic (exact) mass is 328 g/mol. The lowest BCUT2D eigenvalue weighted by Crippen LogP contribution is -2.47. The Morgan fingerprint density at radius 2 is 2.13 bits per heavy atom. The molecule has 4 aliphatic rings. The van der Waals surface area contributed by atoms with Crippen LogP contribution >= 0.6 is 11.6 Å². The van der Waals surface area contributed by atoms with E-state index in [2.05, 4.69) is 51.2 Å². The van der Waals surface area contributed by atoms with Crippen LogP contribution in [0.1, 0.15) is 52.9 Å². The summed E-state index contributed by atoms with van der Waals surface area (Å²) >= 11 is 6.22. The van der Waals surface area contributed by atoms with Gasteiger partial charge < -0.3 is 0 Å². The minimum Gasteiger partial charge on any atom is -0.0930 e. The van der Waals surface area contributed by atoms with Crippen molar-refractivity contribution in [3.8, 4) is 0 Å². The first-order valence-corrected chi connectivity index (χ1v) is 9.84. The lowest BCUT2D eigenvalue weighted by molar-refractivity contribution is 0.00241. The van der Waals surface area contributed by atoms with Crippen LogP contribution < -0.4 is 0 Å². The molecule has 2 saturated carbocycles. The predicted octanol–water partition coefficient (Wildman–Crippen LogP) is 6.65. The van der Waals surface area contributed by atoms with E-state index in [9.17, 15) is 0 Å². The van der Waals surface area contributed by atoms with E-state index in [1.165, 1.54) is 31.3 Å². The Hall–Kier alpha value is -0.750. The molecule has 2 fully saturated rings. The molecule has 0 aliphatic heterocycles. The van der Waals surface area contributed by atoms with Crippen LogP contribution in [0.4, 0.5) is 0 Å².